The molecule has 24 heavy (non-hydrogen) atoms. The molecule has 0 aromatic heterocycles. The quantitative estimate of drug-likeness (QED) is 0.653. The van der Waals surface area contributed by atoms with E-state index >= 15 is 0 Å². The van der Waals surface area contributed by atoms with Crippen molar-refractivity contribution in [2.75, 3.05) is 6.54 Å². The van der Waals surface area contributed by atoms with E-state index in [0.29, 0.717) is 23.7 Å². The summed E-state index contributed by atoms with van der Waals surface area (Å²) in [6, 6.07) is 18.0. The van der Waals surface area contributed by atoms with Gasteiger partial charge in [-0.15, -0.1) is 0 Å². The van der Waals surface area contributed by atoms with Crippen molar-refractivity contribution >= 4 is 6.03 Å². The molecule has 0 bridgehead atoms. The van der Waals surface area contributed by atoms with Crippen LogP contribution < -0.4 is 10.5 Å². The summed E-state index contributed by atoms with van der Waals surface area (Å²) in [6.07, 6.45) is 0.767. The summed E-state index contributed by atoms with van der Waals surface area (Å²) in [5.41, 5.74) is 5.17. The summed E-state index contributed by atoms with van der Waals surface area (Å²) in [4.78, 5) is 11.2. The van der Waals surface area contributed by atoms with Crippen LogP contribution in [0.25, 0.3) is 0 Å². The third-order valence-corrected chi connectivity index (χ3v) is 4.11. The third kappa shape index (κ3) is 3.50. The number of benzene rings is 2. The first-order chi connectivity index (χ1) is 11.6. The summed E-state index contributed by atoms with van der Waals surface area (Å²) in [7, 11) is 0. The van der Waals surface area contributed by atoms with Gasteiger partial charge in [-0.3, -0.25) is 5.21 Å². The number of nitrogens with two attached hydrogens (primary N) is 1. The van der Waals surface area contributed by atoms with Gasteiger partial charge >= 0.3 is 6.03 Å². The number of urea groups is 1. The molecule has 6 heteroatoms. The number of ether oxygens (including phenoxy) is 2. The number of hydroxylamine groups is 2. The van der Waals surface area contributed by atoms with E-state index in [1.54, 1.807) is 0 Å². The van der Waals surface area contributed by atoms with Gasteiger partial charge in [0, 0.05) is 6.42 Å². The van der Waals surface area contributed by atoms with E-state index < -0.39 is 17.9 Å². The molecule has 0 spiro atoms. The van der Waals surface area contributed by atoms with Crippen LogP contribution in [0.15, 0.2) is 60.7 Å². The zero-order chi connectivity index (χ0) is 17.0. The van der Waals surface area contributed by atoms with Crippen LogP contribution in [0, 0.1) is 0 Å². The van der Waals surface area contributed by atoms with Gasteiger partial charge in [0.25, 0.3) is 0 Å². The predicted octanol–water partition coefficient (Wildman–Crippen LogP) is 2.87. The fourth-order valence-electron chi connectivity index (χ4n) is 2.94. The first kappa shape index (κ1) is 16.3. The number of hydrogen-bond donors (Lipinski definition) is 2. The molecule has 2 unspecified atom stereocenters. The van der Waals surface area contributed by atoms with Crippen molar-refractivity contribution in [3.8, 4) is 5.75 Å². The molecule has 3 N–H and O–H groups in total. The fraction of sp³-hybridized carbons (Fsp3) is 0.278. The number of primary amides is 1. The van der Waals surface area contributed by atoms with Crippen LogP contribution in [-0.4, -0.2) is 29.1 Å². The maximum atomic E-state index is 11.2. The molecule has 1 saturated heterocycles. The molecule has 0 aliphatic carbocycles. The zero-order valence-electron chi connectivity index (χ0n) is 13.2. The number of amides is 2. The number of rotatable bonds is 5. The third-order valence-electron chi connectivity index (χ3n) is 4.11. The Kier molecular flexibility index (Phi) is 4.69. The van der Waals surface area contributed by atoms with Crippen LogP contribution in [-0.2, 0) is 10.3 Å². The molecule has 1 fully saturated rings. The summed E-state index contributed by atoms with van der Waals surface area (Å²) < 4.78 is 12.0. The number of hydrogen-bond acceptors (Lipinski definition) is 4. The average molecular weight is 328 g/mol. The Morgan fingerprint density at radius 2 is 1.83 bits per heavy atom. The molecule has 2 amide bonds. The second-order valence-corrected chi connectivity index (χ2v) is 5.77. The minimum Gasteiger partial charge on any atom is -0.465 e. The van der Waals surface area contributed by atoms with Gasteiger partial charge < -0.3 is 15.2 Å². The van der Waals surface area contributed by atoms with Crippen molar-refractivity contribution in [2.45, 2.75) is 24.7 Å². The van der Waals surface area contributed by atoms with Gasteiger partial charge in [-0.25, -0.2) is 9.86 Å². The van der Waals surface area contributed by atoms with E-state index in [2.05, 4.69) is 0 Å². The second kappa shape index (κ2) is 6.90. The molecule has 1 aliphatic rings. The summed E-state index contributed by atoms with van der Waals surface area (Å²) in [5, 5.41) is 10.3. The maximum absolute atomic E-state index is 11.2. The van der Waals surface area contributed by atoms with Crippen LogP contribution in [0.2, 0.25) is 0 Å². The highest BCUT2D eigenvalue weighted by Crippen LogP contribution is 2.40. The minimum absolute atomic E-state index is 0.0546. The number of carbonyl (C=O) groups excluding carboxylic acids is 1. The first-order valence-corrected chi connectivity index (χ1v) is 7.80. The lowest BCUT2D eigenvalue weighted by atomic mass is 9.90. The van der Waals surface area contributed by atoms with Crippen molar-refractivity contribution in [1.82, 2.24) is 5.06 Å². The lowest BCUT2D eigenvalue weighted by molar-refractivity contribution is -0.164. The highest BCUT2D eigenvalue weighted by Gasteiger charge is 2.44. The van der Waals surface area contributed by atoms with Gasteiger partial charge in [0.05, 0.1) is 6.54 Å². The number of para-hydroxylation sites is 1. The predicted molar refractivity (Wildman–Crippen MR) is 87.4 cm³/mol. The normalized spacial score (nSPS) is 23.0. The minimum atomic E-state index is -0.915. The lowest BCUT2D eigenvalue weighted by Gasteiger charge is -2.32. The molecular formula is C18H20N2O4. The first-order valence-electron chi connectivity index (χ1n) is 7.80. The van der Waals surface area contributed by atoms with E-state index in [4.69, 9.17) is 15.2 Å². The molecular weight excluding hydrogens is 308 g/mol. The van der Waals surface area contributed by atoms with Crippen LogP contribution in [0.3, 0.4) is 0 Å². The molecule has 6 nitrogen and oxygen atoms in total. The Balaban J connectivity index is 1.80. The van der Waals surface area contributed by atoms with E-state index in [0.717, 1.165) is 5.56 Å². The van der Waals surface area contributed by atoms with E-state index in [1.165, 1.54) is 0 Å². The highest BCUT2D eigenvalue weighted by atomic mass is 16.7. The molecule has 1 heterocycles. The van der Waals surface area contributed by atoms with E-state index in [1.807, 2.05) is 60.7 Å². The Morgan fingerprint density at radius 3 is 2.46 bits per heavy atom. The largest absolute Gasteiger partial charge is 0.465 e. The maximum Gasteiger partial charge on any atom is 0.338 e. The monoisotopic (exact) mass is 328 g/mol. The fourth-order valence-corrected chi connectivity index (χ4v) is 2.94. The highest BCUT2D eigenvalue weighted by molar-refractivity contribution is 5.70. The van der Waals surface area contributed by atoms with Gasteiger partial charge in [-0.05, 0) is 24.1 Å². The van der Waals surface area contributed by atoms with E-state index in [9.17, 15) is 10.0 Å². The number of nitrogens with zero attached hydrogens (tertiary/aromatic N) is 1. The molecule has 2 aromatic carbocycles. The Morgan fingerprint density at radius 1 is 1.21 bits per heavy atom. The number of carbonyl (C=O) groups is 1. The summed E-state index contributed by atoms with van der Waals surface area (Å²) in [5.74, 6) is 0.710. The molecule has 3 rings (SSSR count). The molecule has 126 valence electrons. The van der Waals surface area contributed by atoms with Gasteiger partial charge in [-0.1, -0.05) is 48.5 Å². The molecule has 2 aromatic rings. The van der Waals surface area contributed by atoms with Crippen molar-refractivity contribution in [3.63, 3.8) is 0 Å². The van der Waals surface area contributed by atoms with Crippen molar-refractivity contribution in [3.05, 3.63) is 66.2 Å². The van der Waals surface area contributed by atoms with Gasteiger partial charge in [-0.2, -0.15) is 0 Å². The molecule has 2 atom stereocenters. The van der Waals surface area contributed by atoms with Gasteiger partial charge in [0.15, 0.2) is 0 Å². The van der Waals surface area contributed by atoms with Gasteiger partial charge in [0.2, 0.25) is 6.29 Å². The van der Waals surface area contributed by atoms with Crippen molar-refractivity contribution in [2.24, 2.45) is 5.73 Å². The lowest BCUT2D eigenvalue weighted by Crippen LogP contribution is -2.44. The second-order valence-electron chi connectivity index (χ2n) is 5.77. The van der Waals surface area contributed by atoms with Crippen LogP contribution in [0.4, 0.5) is 4.79 Å². The smallest absolute Gasteiger partial charge is 0.338 e. The zero-order valence-corrected chi connectivity index (χ0v) is 13.2. The standard InChI is InChI=1S/C18H20N2O4/c19-17(21)20(22)13-18(14-7-3-1-4-8-14)12-11-16(24-18)23-15-9-5-2-6-10-15/h1-10,16,22H,11-13H2,(H2,19,21). The Labute approximate surface area is 140 Å². The Bertz CT molecular complexity index is 680. The SMILES string of the molecule is NC(=O)N(O)CC1(c2ccccc2)CCC(Oc2ccccc2)O1. The molecule has 0 saturated carbocycles. The van der Waals surface area contributed by atoms with Crippen molar-refractivity contribution < 1.29 is 19.5 Å². The van der Waals surface area contributed by atoms with Crippen molar-refractivity contribution in [1.29, 1.82) is 0 Å². The van der Waals surface area contributed by atoms with Crippen LogP contribution in [0.5, 0.6) is 5.75 Å². The van der Waals surface area contributed by atoms with Crippen LogP contribution in [0.1, 0.15) is 18.4 Å². The molecule has 1 aliphatic heterocycles. The summed E-state index contributed by atoms with van der Waals surface area (Å²) in [6.45, 7) is -0.0546. The topological polar surface area (TPSA) is 85.0 Å². The van der Waals surface area contributed by atoms with Crippen LogP contribution >= 0.6 is 0 Å². The van der Waals surface area contributed by atoms with E-state index in [-0.39, 0.29) is 6.54 Å². The Hall–Kier alpha value is -2.57. The summed E-state index contributed by atoms with van der Waals surface area (Å²) >= 11 is 0. The average Bonchev–Trinajstić information content (AvgIpc) is 3.00. The van der Waals surface area contributed by atoms with Gasteiger partial charge in [0.1, 0.15) is 11.4 Å². The molecule has 0 radical (unpaired) electrons.